The lowest BCUT2D eigenvalue weighted by atomic mass is 9.92. The van der Waals surface area contributed by atoms with Gasteiger partial charge in [-0.1, -0.05) is 0 Å². The van der Waals surface area contributed by atoms with Crippen LogP contribution in [-0.2, 0) is 4.79 Å². The second-order valence-corrected chi connectivity index (χ2v) is 5.41. The van der Waals surface area contributed by atoms with Gasteiger partial charge >= 0.3 is 5.69 Å². The number of nitro groups is 1. The average Bonchev–Trinajstić information content (AvgIpc) is 2.47. The van der Waals surface area contributed by atoms with Gasteiger partial charge in [-0.05, 0) is 19.8 Å². The second-order valence-electron chi connectivity index (χ2n) is 5.41. The van der Waals surface area contributed by atoms with E-state index in [1.165, 1.54) is 13.2 Å². The predicted octanol–water partition coefficient (Wildman–Crippen LogP) is 1.83. The number of halogens is 1. The van der Waals surface area contributed by atoms with Crippen LogP contribution in [0.5, 0.6) is 5.75 Å². The number of amides is 1. The molecule has 22 heavy (non-hydrogen) atoms. The Morgan fingerprint density at radius 3 is 2.73 bits per heavy atom. The molecule has 0 aliphatic carbocycles. The van der Waals surface area contributed by atoms with Crippen LogP contribution in [0.1, 0.15) is 19.8 Å². The predicted molar refractivity (Wildman–Crippen MR) is 78.3 cm³/mol. The van der Waals surface area contributed by atoms with Crippen LogP contribution in [0.25, 0.3) is 0 Å². The van der Waals surface area contributed by atoms with Gasteiger partial charge in [-0.15, -0.1) is 0 Å². The van der Waals surface area contributed by atoms with Crippen molar-refractivity contribution in [2.24, 2.45) is 11.7 Å². The molecular formula is C14H18FN3O4. The quantitative estimate of drug-likeness (QED) is 0.675. The minimum Gasteiger partial charge on any atom is -0.490 e. The minimum atomic E-state index is -0.718. The number of hydrogen-bond acceptors (Lipinski definition) is 5. The standard InChI is InChI=1S/C14H18FN3O4/c1-8-3-4-9(14(16)19)7-17(8)11-6-13(22-2)12(18(20)21)5-10(11)15/h5-6,8-9H,3-4,7H2,1-2H3,(H2,16,19). The first-order valence-electron chi connectivity index (χ1n) is 6.93. The first kappa shape index (κ1) is 16.0. The molecule has 0 aromatic heterocycles. The van der Waals surface area contributed by atoms with Crippen molar-refractivity contribution < 1.29 is 18.8 Å². The maximum absolute atomic E-state index is 14.3. The fourth-order valence-corrected chi connectivity index (χ4v) is 2.73. The molecule has 1 aromatic carbocycles. The molecule has 7 nitrogen and oxygen atoms in total. The molecule has 2 atom stereocenters. The Bertz CT molecular complexity index is 608. The fourth-order valence-electron chi connectivity index (χ4n) is 2.73. The van der Waals surface area contributed by atoms with Crippen LogP contribution >= 0.6 is 0 Å². The molecule has 1 aliphatic heterocycles. The number of carbonyl (C=O) groups excluding carboxylic acids is 1. The lowest BCUT2D eigenvalue weighted by Gasteiger charge is -2.38. The summed E-state index contributed by atoms with van der Waals surface area (Å²) in [5.41, 5.74) is 5.09. The first-order valence-corrected chi connectivity index (χ1v) is 6.93. The van der Waals surface area contributed by atoms with Crippen LogP contribution in [0.2, 0.25) is 0 Å². The Kier molecular flexibility index (Phi) is 4.48. The molecule has 1 saturated heterocycles. The van der Waals surface area contributed by atoms with Gasteiger partial charge in [0.2, 0.25) is 5.91 Å². The van der Waals surface area contributed by atoms with Crippen molar-refractivity contribution in [3.63, 3.8) is 0 Å². The van der Waals surface area contributed by atoms with Crippen molar-refractivity contribution in [3.05, 3.63) is 28.1 Å². The van der Waals surface area contributed by atoms with Gasteiger partial charge in [0, 0.05) is 18.7 Å². The smallest absolute Gasteiger partial charge is 0.313 e. The van der Waals surface area contributed by atoms with E-state index in [4.69, 9.17) is 10.5 Å². The maximum Gasteiger partial charge on any atom is 0.313 e. The third-order valence-corrected chi connectivity index (χ3v) is 4.04. The van der Waals surface area contributed by atoms with Crippen molar-refractivity contribution in [1.29, 1.82) is 0 Å². The Hall–Kier alpha value is -2.38. The largest absolute Gasteiger partial charge is 0.490 e. The van der Waals surface area contributed by atoms with Gasteiger partial charge in [0.1, 0.15) is 0 Å². The van der Waals surface area contributed by atoms with Crippen LogP contribution < -0.4 is 15.4 Å². The summed E-state index contributed by atoms with van der Waals surface area (Å²) in [6.45, 7) is 2.19. The number of nitro benzene ring substituents is 1. The van der Waals surface area contributed by atoms with E-state index in [0.717, 1.165) is 6.07 Å². The van der Waals surface area contributed by atoms with Crippen LogP contribution in [0.3, 0.4) is 0 Å². The number of ether oxygens (including phenoxy) is 1. The van der Waals surface area contributed by atoms with Crippen molar-refractivity contribution in [2.75, 3.05) is 18.6 Å². The third kappa shape index (κ3) is 2.95. The normalized spacial score (nSPS) is 21.5. The molecular weight excluding hydrogens is 293 g/mol. The van der Waals surface area contributed by atoms with E-state index >= 15 is 0 Å². The molecule has 0 spiro atoms. The number of rotatable bonds is 4. The molecule has 0 saturated carbocycles. The number of carbonyl (C=O) groups is 1. The van der Waals surface area contributed by atoms with Gasteiger partial charge in [-0.3, -0.25) is 14.9 Å². The van der Waals surface area contributed by atoms with E-state index in [2.05, 4.69) is 0 Å². The molecule has 2 N–H and O–H groups in total. The Morgan fingerprint density at radius 1 is 1.50 bits per heavy atom. The number of anilines is 1. The summed E-state index contributed by atoms with van der Waals surface area (Å²) in [6, 6.07) is 2.14. The second kappa shape index (κ2) is 6.17. The van der Waals surface area contributed by atoms with E-state index in [0.29, 0.717) is 12.8 Å². The summed E-state index contributed by atoms with van der Waals surface area (Å²) >= 11 is 0. The molecule has 1 fully saturated rings. The summed E-state index contributed by atoms with van der Waals surface area (Å²) in [5, 5.41) is 10.9. The molecule has 1 amide bonds. The molecule has 0 radical (unpaired) electrons. The molecule has 0 bridgehead atoms. The van der Waals surface area contributed by atoms with Crippen molar-refractivity contribution in [3.8, 4) is 5.75 Å². The summed E-state index contributed by atoms with van der Waals surface area (Å²) in [4.78, 5) is 23.3. The van der Waals surface area contributed by atoms with E-state index in [1.807, 2.05) is 6.92 Å². The maximum atomic E-state index is 14.3. The molecule has 120 valence electrons. The Balaban J connectivity index is 2.42. The lowest BCUT2D eigenvalue weighted by Crippen LogP contribution is -2.46. The summed E-state index contributed by atoms with van der Waals surface area (Å²) in [7, 11) is 1.29. The number of nitrogens with zero attached hydrogens (tertiary/aromatic N) is 2. The highest BCUT2D eigenvalue weighted by molar-refractivity contribution is 5.78. The van der Waals surface area contributed by atoms with E-state index in [-0.39, 0.29) is 29.9 Å². The zero-order valence-corrected chi connectivity index (χ0v) is 12.4. The van der Waals surface area contributed by atoms with Crippen LogP contribution in [0.4, 0.5) is 15.8 Å². The number of benzene rings is 1. The van der Waals surface area contributed by atoms with Crippen LogP contribution in [0.15, 0.2) is 12.1 Å². The molecule has 2 unspecified atom stereocenters. The molecule has 8 heteroatoms. The average molecular weight is 311 g/mol. The van der Waals surface area contributed by atoms with Gasteiger partial charge in [-0.25, -0.2) is 4.39 Å². The number of methoxy groups -OCH3 is 1. The van der Waals surface area contributed by atoms with Gasteiger partial charge in [0.15, 0.2) is 11.6 Å². The lowest BCUT2D eigenvalue weighted by molar-refractivity contribution is -0.385. The highest BCUT2D eigenvalue weighted by Crippen LogP contribution is 2.37. The Morgan fingerprint density at radius 2 is 2.18 bits per heavy atom. The van der Waals surface area contributed by atoms with Crippen molar-refractivity contribution >= 4 is 17.3 Å². The number of primary amides is 1. The fraction of sp³-hybridized carbons (Fsp3) is 0.500. The zero-order chi connectivity index (χ0) is 16.4. The third-order valence-electron chi connectivity index (χ3n) is 4.04. The minimum absolute atomic E-state index is 0.00346. The number of nitrogens with two attached hydrogens (primary N) is 1. The first-order chi connectivity index (χ1) is 10.3. The highest BCUT2D eigenvalue weighted by atomic mass is 19.1. The zero-order valence-electron chi connectivity index (χ0n) is 12.4. The van der Waals surface area contributed by atoms with E-state index in [9.17, 15) is 19.3 Å². The van der Waals surface area contributed by atoms with E-state index in [1.54, 1.807) is 4.90 Å². The Labute approximate surface area is 127 Å². The van der Waals surface area contributed by atoms with Crippen LogP contribution in [0, 0.1) is 21.8 Å². The molecule has 1 aliphatic rings. The van der Waals surface area contributed by atoms with Gasteiger partial charge < -0.3 is 15.4 Å². The summed E-state index contributed by atoms with van der Waals surface area (Å²) in [5.74, 6) is -1.53. The van der Waals surface area contributed by atoms with Crippen molar-refractivity contribution in [2.45, 2.75) is 25.8 Å². The highest BCUT2D eigenvalue weighted by Gasteiger charge is 2.31. The van der Waals surface area contributed by atoms with Crippen LogP contribution in [-0.4, -0.2) is 30.5 Å². The molecule has 1 aromatic rings. The van der Waals surface area contributed by atoms with Crippen molar-refractivity contribution in [1.82, 2.24) is 0 Å². The SMILES string of the molecule is COc1cc(N2CC(C(N)=O)CCC2C)c(F)cc1[N+](=O)[O-]. The molecule has 2 rings (SSSR count). The summed E-state index contributed by atoms with van der Waals surface area (Å²) < 4.78 is 19.3. The van der Waals surface area contributed by atoms with Gasteiger partial charge in [0.05, 0.1) is 29.7 Å². The number of hydrogen-bond donors (Lipinski definition) is 1. The van der Waals surface area contributed by atoms with Gasteiger partial charge in [0.25, 0.3) is 0 Å². The molecule has 1 heterocycles. The number of piperidine rings is 1. The van der Waals surface area contributed by atoms with Gasteiger partial charge in [-0.2, -0.15) is 0 Å². The summed E-state index contributed by atoms with van der Waals surface area (Å²) in [6.07, 6.45) is 1.34. The van der Waals surface area contributed by atoms with E-state index < -0.39 is 22.3 Å². The topological polar surface area (TPSA) is 98.7 Å². The monoisotopic (exact) mass is 311 g/mol.